The Morgan fingerprint density at radius 1 is 1.42 bits per heavy atom. The largest absolute Gasteiger partial charge is 0.369 e. The Labute approximate surface area is 145 Å². The highest BCUT2D eigenvalue weighted by Crippen LogP contribution is 2.22. The quantitative estimate of drug-likeness (QED) is 0.889. The van der Waals surface area contributed by atoms with Crippen LogP contribution in [0.1, 0.15) is 17.8 Å². The molecule has 1 unspecified atom stereocenters. The molecule has 7 heteroatoms. The third-order valence-electron chi connectivity index (χ3n) is 4.32. The van der Waals surface area contributed by atoms with Crippen molar-refractivity contribution in [3.63, 3.8) is 0 Å². The van der Waals surface area contributed by atoms with E-state index in [2.05, 4.69) is 11.1 Å². The lowest BCUT2D eigenvalue weighted by molar-refractivity contribution is -0.135. The maximum atomic E-state index is 12.5. The van der Waals surface area contributed by atoms with Gasteiger partial charge in [0.25, 0.3) is 0 Å². The van der Waals surface area contributed by atoms with Gasteiger partial charge in [0.15, 0.2) is 0 Å². The molecular formula is C17H22N4O2S. The minimum atomic E-state index is -0.310. The van der Waals surface area contributed by atoms with Gasteiger partial charge >= 0.3 is 0 Å². The lowest BCUT2D eigenvalue weighted by atomic mass is 9.97. The van der Waals surface area contributed by atoms with Gasteiger partial charge in [-0.05, 0) is 32.0 Å². The smallest absolute Gasteiger partial charge is 0.236 e. The zero-order valence-corrected chi connectivity index (χ0v) is 14.6. The Hall–Kier alpha value is -1.99. The maximum absolute atomic E-state index is 12.5. The lowest BCUT2D eigenvalue weighted by Crippen LogP contribution is -2.47. The molecule has 0 radical (unpaired) electrons. The number of thiazole rings is 1. The molecule has 3 rings (SSSR count). The van der Waals surface area contributed by atoms with Crippen LogP contribution in [0.4, 0.5) is 0 Å². The fourth-order valence-electron chi connectivity index (χ4n) is 3.04. The van der Waals surface area contributed by atoms with Crippen molar-refractivity contribution in [3.8, 4) is 0 Å². The summed E-state index contributed by atoms with van der Waals surface area (Å²) in [6.45, 7) is 2.11. The summed E-state index contributed by atoms with van der Waals surface area (Å²) in [5.74, 6) is -0.475. The van der Waals surface area contributed by atoms with Crippen LogP contribution >= 0.6 is 11.3 Å². The first-order chi connectivity index (χ1) is 11.5. The first-order valence-electron chi connectivity index (χ1n) is 8.13. The summed E-state index contributed by atoms with van der Waals surface area (Å²) >= 11 is 1.65. The highest BCUT2D eigenvalue weighted by atomic mass is 32.1. The summed E-state index contributed by atoms with van der Waals surface area (Å²) < 4.78 is 1.16. The molecule has 1 aromatic heterocycles. The van der Waals surface area contributed by atoms with Crippen LogP contribution in [0.25, 0.3) is 10.2 Å². The summed E-state index contributed by atoms with van der Waals surface area (Å²) in [6, 6.07) is 8.03. The summed E-state index contributed by atoms with van der Waals surface area (Å²) in [4.78, 5) is 32.1. The molecule has 0 spiro atoms. The molecule has 1 aliphatic heterocycles. The number of hydrogen-bond donors (Lipinski definition) is 1. The lowest BCUT2D eigenvalue weighted by Gasteiger charge is -2.32. The standard InChI is InChI=1S/C17H22N4O2S/c1-20(10-15-19-13-6-2-3-7-14(13)24-15)11-16(22)21-8-4-5-12(9-21)17(18)23/h2-3,6-7,12H,4-5,8-11H2,1H3,(H2,18,23). The molecule has 0 bridgehead atoms. The van der Waals surface area contributed by atoms with E-state index in [0.29, 0.717) is 26.2 Å². The molecule has 1 atom stereocenters. The maximum Gasteiger partial charge on any atom is 0.236 e. The van der Waals surface area contributed by atoms with Gasteiger partial charge in [0, 0.05) is 13.1 Å². The predicted octanol–water partition coefficient (Wildman–Crippen LogP) is 1.45. The van der Waals surface area contributed by atoms with Crippen molar-refractivity contribution in [1.29, 1.82) is 0 Å². The van der Waals surface area contributed by atoms with Gasteiger partial charge in [-0.1, -0.05) is 12.1 Å². The van der Waals surface area contributed by atoms with Crippen LogP contribution in [0, 0.1) is 5.92 Å². The Morgan fingerprint density at radius 2 is 2.21 bits per heavy atom. The van der Waals surface area contributed by atoms with Crippen molar-refractivity contribution in [2.24, 2.45) is 11.7 Å². The van der Waals surface area contributed by atoms with Gasteiger partial charge in [-0.3, -0.25) is 14.5 Å². The number of piperidine rings is 1. The molecule has 0 aliphatic carbocycles. The van der Waals surface area contributed by atoms with Crippen LogP contribution < -0.4 is 5.73 Å². The van der Waals surface area contributed by atoms with E-state index in [9.17, 15) is 9.59 Å². The number of nitrogens with zero attached hydrogens (tertiary/aromatic N) is 3. The number of benzene rings is 1. The number of nitrogens with two attached hydrogens (primary N) is 1. The molecule has 128 valence electrons. The highest BCUT2D eigenvalue weighted by molar-refractivity contribution is 7.18. The van der Waals surface area contributed by atoms with Gasteiger partial charge in [-0.2, -0.15) is 0 Å². The second-order valence-electron chi connectivity index (χ2n) is 6.33. The van der Waals surface area contributed by atoms with E-state index < -0.39 is 0 Å². The molecule has 2 aromatic rings. The van der Waals surface area contributed by atoms with E-state index in [4.69, 9.17) is 5.73 Å². The number of amides is 2. The van der Waals surface area contributed by atoms with E-state index in [1.54, 1.807) is 16.2 Å². The number of likely N-dealkylation sites (N-methyl/N-ethyl adjacent to an activating group) is 1. The molecule has 6 nitrogen and oxygen atoms in total. The number of fused-ring (bicyclic) bond motifs is 1. The van der Waals surface area contributed by atoms with E-state index in [1.165, 1.54) is 0 Å². The van der Waals surface area contributed by atoms with Crippen molar-refractivity contribution in [2.75, 3.05) is 26.7 Å². The van der Waals surface area contributed by atoms with Gasteiger partial charge in [-0.25, -0.2) is 4.98 Å². The normalized spacial score (nSPS) is 18.2. The topological polar surface area (TPSA) is 79.5 Å². The van der Waals surface area contributed by atoms with Crippen LogP contribution in [0.5, 0.6) is 0 Å². The van der Waals surface area contributed by atoms with Gasteiger partial charge in [0.1, 0.15) is 5.01 Å². The molecule has 0 saturated carbocycles. The third kappa shape index (κ3) is 3.91. The molecule has 1 fully saturated rings. The minimum Gasteiger partial charge on any atom is -0.369 e. The molecule has 1 aromatic carbocycles. The summed E-state index contributed by atoms with van der Waals surface area (Å²) in [5.41, 5.74) is 6.37. The number of aromatic nitrogens is 1. The number of likely N-dealkylation sites (tertiary alicyclic amines) is 1. The third-order valence-corrected chi connectivity index (χ3v) is 5.35. The number of carbonyl (C=O) groups is 2. The van der Waals surface area contributed by atoms with Gasteiger partial charge in [0.05, 0.1) is 29.2 Å². The molecule has 2 amide bonds. The fraction of sp³-hybridized carbons (Fsp3) is 0.471. The molecule has 1 saturated heterocycles. The van der Waals surface area contributed by atoms with Crippen molar-refractivity contribution in [2.45, 2.75) is 19.4 Å². The molecule has 24 heavy (non-hydrogen) atoms. The number of para-hydroxylation sites is 1. The fourth-order valence-corrected chi connectivity index (χ4v) is 4.09. The van der Waals surface area contributed by atoms with Gasteiger partial charge < -0.3 is 10.6 Å². The second-order valence-corrected chi connectivity index (χ2v) is 7.44. The van der Waals surface area contributed by atoms with Crippen LogP contribution in [0.15, 0.2) is 24.3 Å². The Kier molecular flexibility index (Phi) is 5.11. The monoisotopic (exact) mass is 346 g/mol. The Bertz CT molecular complexity index is 712. The molecule has 1 aliphatic rings. The molecule has 2 N–H and O–H groups in total. The van der Waals surface area contributed by atoms with Crippen molar-refractivity contribution in [3.05, 3.63) is 29.3 Å². The number of rotatable bonds is 5. The van der Waals surface area contributed by atoms with E-state index in [0.717, 1.165) is 28.1 Å². The van der Waals surface area contributed by atoms with Crippen LogP contribution in [0.2, 0.25) is 0 Å². The highest BCUT2D eigenvalue weighted by Gasteiger charge is 2.27. The number of primary amides is 1. The summed E-state index contributed by atoms with van der Waals surface area (Å²) in [5, 5.41) is 1.00. The summed E-state index contributed by atoms with van der Waals surface area (Å²) in [6.07, 6.45) is 1.61. The van der Waals surface area contributed by atoms with E-state index >= 15 is 0 Å². The van der Waals surface area contributed by atoms with Crippen LogP contribution in [-0.4, -0.2) is 53.3 Å². The van der Waals surface area contributed by atoms with Gasteiger partial charge in [0.2, 0.25) is 11.8 Å². The van der Waals surface area contributed by atoms with E-state index in [-0.39, 0.29) is 17.7 Å². The molecule has 2 heterocycles. The molecular weight excluding hydrogens is 324 g/mol. The SMILES string of the molecule is CN(CC(=O)N1CCCC(C(N)=O)C1)Cc1nc2ccccc2s1. The first kappa shape index (κ1) is 16.9. The van der Waals surface area contributed by atoms with Crippen LogP contribution in [-0.2, 0) is 16.1 Å². The zero-order valence-electron chi connectivity index (χ0n) is 13.8. The average Bonchev–Trinajstić information content (AvgIpc) is 2.96. The average molecular weight is 346 g/mol. The minimum absolute atomic E-state index is 0.0459. The van der Waals surface area contributed by atoms with Crippen LogP contribution in [0.3, 0.4) is 0 Å². The van der Waals surface area contributed by atoms with Gasteiger partial charge in [-0.15, -0.1) is 11.3 Å². The Morgan fingerprint density at radius 3 is 2.96 bits per heavy atom. The van der Waals surface area contributed by atoms with Crippen molar-refractivity contribution in [1.82, 2.24) is 14.8 Å². The predicted molar refractivity (Wildman–Crippen MR) is 94.5 cm³/mol. The number of hydrogen-bond acceptors (Lipinski definition) is 5. The second kappa shape index (κ2) is 7.27. The van der Waals surface area contributed by atoms with E-state index in [1.807, 2.05) is 30.1 Å². The first-order valence-corrected chi connectivity index (χ1v) is 8.94. The zero-order chi connectivity index (χ0) is 17.1. The Balaban J connectivity index is 1.56. The van der Waals surface area contributed by atoms with Crippen molar-refractivity contribution >= 4 is 33.4 Å². The summed E-state index contributed by atoms with van der Waals surface area (Å²) in [7, 11) is 1.92. The van der Waals surface area contributed by atoms with Crippen molar-refractivity contribution < 1.29 is 9.59 Å². The number of carbonyl (C=O) groups excluding carboxylic acids is 2.